The van der Waals surface area contributed by atoms with Crippen LogP contribution in [-0.2, 0) is 25.7 Å². The normalized spacial score (nSPS) is 17.1. The number of nitrogens with one attached hydrogen (secondary N) is 2. The number of amidine groups is 2. The second kappa shape index (κ2) is 12.0. The first-order valence-electron chi connectivity index (χ1n) is 11.8. The molecule has 2 aliphatic heterocycles. The number of furan rings is 1. The maximum atomic E-state index is 13.0. The van der Waals surface area contributed by atoms with Gasteiger partial charge in [0.25, 0.3) is 5.91 Å². The molecular formula is C25H29N5O5S. The largest absolute Gasteiger partial charge is 0.467 e. The zero-order valence-corrected chi connectivity index (χ0v) is 21.0. The fourth-order valence-corrected chi connectivity index (χ4v) is 5.01. The monoisotopic (exact) mass is 511 g/mol. The Balaban J connectivity index is 1.52. The Morgan fingerprint density at radius 2 is 2.03 bits per heavy atom. The van der Waals surface area contributed by atoms with E-state index in [1.165, 1.54) is 18.0 Å². The third-order valence-corrected chi connectivity index (χ3v) is 7.09. The lowest BCUT2D eigenvalue weighted by molar-refractivity contribution is -0.126. The molecule has 190 valence electrons. The van der Waals surface area contributed by atoms with Crippen LogP contribution in [-0.4, -0.2) is 65.2 Å². The molecule has 2 atom stereocenters. The van der Waals surface area contributed by atoms with E-state index in [1.807, 2.05) is 31.2 Å². The summed E-state index contributed by atoms with van der Waals surface area (Å²) in [6.45, 7) is 3.22. The standard InChI is InChI=1S/C25H29N5O5S/c1-3-20(24(33)26-11-7-12-34-2)36-25-28-18-10-5-4-9-17(18)22-29-23(32)19(30(22)25)14-21(31)27-15-16-8-6-13-35-16/h4-6,8-10,13,19-20H,3,7,11-12,14-15H2,1-2H3,(H,26,33)(H,27,31). The van der Waals surface area contributed by atoms with Crippen LogP contribution in [0.5, 0.6) is 0 Å². The van der Waals surface area contributed by atoms with E-state index < -0.39 is 17.2 Å². The van der Waals surface area contributed by atoms with Crippen molar-refractivity contribution in [2.24, 2.45) is 9.98 Å². The van der Waals surface area contributed by atoms with E-state index in [2.05, 4.69) is 15.6 Å². The van der Waals surface area contributed by atoms with Gasteiger partial charge in [0.2, 0.25) is 11.8 Å². The number of nitrogens with zero attached hydrogens (tertiary/aromatic N) is 3. The van der Waals surface area contributed by atoms with Gasteiger partial charge in [0.05, 0.1) is 30.2 Å². The van der Waals surface area contributed by atoms with Gasteiger partial charge in [-0.15, -0.1) is 0 Å². The number of para-hydroxylation sites is 1. The highest BCUT2D eigenvalue weighted by molar-refractivity contribution is 8.15. The van der Waals surface area contributed by atoms with Crippen LogP contribution in [0.4, 0.5) is 5.69 Å². The van der Waals surface area contributed by atoms with Crippen molar-refractivity contribution in [1.82, 2.24) is 15.5 Å². The molecule has 2 N–H and O–H groups in total. The molecule has 2 unspecified atom stereocenters. The Bertz CT molecular complexity index is 1160. The summed E-state index contributed by atoms with van der Waals surface area (Å²) >= 11 is 1.27. The maximum absolute atomic E-state index is 13.0. The number of fused-ring (bicyclic) bond motifs is 3. The predicted molar refractivity (Wildman–Crippen MR) is 137 cm³/mol. The van der Waals surface area contributed by atoms with E-state index in [1.54, 1.807) is 24.1 Å². The molecule has 10 nitrogen and oxygen atoms in total. The number of amides is 3. The van der Waals surface area contributed by atoms with Crippen LogP contribution in [0.15, 0.2) is 57.1 Å². The molecule has 3 amide bonds. The van der Waals surface area contributed by atoms with Crippen molar-refractivity contribution in [2.45, 2.75) is 44.0 Å². The maximum Gasteiger partial charge on any atom is 0.271 e. The van der Waals surface area contributed by atoms with Crippen LogP contribution in [0, 0.1) is 0 Å². The van der Waals surface area contributed by atoms with Gasteiger partial charge in [-0.2, -0.15) is 4.99 Å². The number of ether oxygens (including phenoxy) is 1. The number of hydrogen-bond acceptors (Lipinski definition) is 8. The molecule has 2 aliphatic rings. The minimum Gasteiger partial charge on any atom is -0.467 e. The summed E-state index contributed by atoms with van der Waals surface area (Å²) in [5.74, 6) is 0.224. The number of methoxy groups -OCH3 is 1. The number of benzene rings is 1. The highest BCUT2D eigenvalue weighted by atomic mass is 32.2. The van der Waals surface area contributed by atoms with E-state index in [4.69, 9.17) is 14.1 Å². The summed E-state index contributed by atoms with van der Waals surface area (Å²) in [5.41, 5.74) is 1.38. The molecule has 0 fully saturated rings. The first-order valence-corrected chi connectivity index (χ1v) is 12.7. The molecule has 4 rings (SSSR count). The van der Waals surface area contributed by atoms with Crippen LogP contribution < -0.4 is 10.6 Å². The second-order valence-electron chi connectivity index (χ2n) is 8.28. The zero-order chi connectivity index (χ0) is 25.5. The van der Waals surface area contributed by atoms with Crippen LogP contribution in [0.25, 0.3) is 0 Å². The molecular weight excluding hydrogens is 482 g/mol. The van der Waals surface area contributed by atoms with Crippen LogP contribution >= 0.6 is 11.8 Å². The molecule has 0 bridgehead atoms. The molecule has 1 aromatic heterocycles. The molecule has 1 aromatic carbocycles. The van der Waals surface area contributed by atoms with Gasteiger partial charge in [-0.25, -0.2) is 4.99 Å². The number of carbonyl (C=O) groups excluding carboxylic acids is 3. The summed E-state index contributed by atoms with van der Waals surface area (Å²) < 4.78 is 10.3. The lowest BCUT2D eigenvalue weighted by atomic mass is 10.1. The topological polar surface area (TPSA) is 126 Å². The van der Waals surface area contributed by atoms with E-state index >= 15 is 0 Å². The highest BCUT2D eigenvalue weighted by Crippen LogP contribution is 2.36. The fourth-order valence-electron chi connectivity index (χ4n) is 3.92. The van der Waals surface area contributed by atoms with Gasteiger partial charge in [0, 0.05) is 25.8 Å². The van der Waals surface area contributed by atoms with E-state index in [0.29, 0.717) is 54.0 Å². The van der Waals surface area contributed by atoms with Gasteiger partial charge >= 0.3 is 0 Å². The van der Waals surface area contributed by atoms with Gasteiger partial charge in [0.15, 0.2) is 5.17 Å². The van der Waals surface area contributed by atoms with E-state index in [9.17, 15) is 14.4 Å². The van der Waals surface area contributed by atoms with E-state index in [-0.39, 0.29) is 24.8 Å². The fraction of sp³-hybridized carbons (Fsp3) is 0.400. The summed E-state index contributed by atoms with van der Waals surface area (Å²) in [6.07, 6.45) is 2.70. The Kier molecular flexibility index (Phi) is 8.55. The first-order chi connectivity index (χ1) is 17.5. The smallest absolute Gasteiger partial charge is 0.271 e. The molecule has 0 saturated carbocycles. The summed E-state index contributed by atoms with van der Waals surface area (Å²) in [4.78, 5) is 49.3. The third kappa shape index (κ3) is 5.85. The Morgan fingerprint density at radius 1 is 1.19 bits per heavy atom. The van der Waals surface area contributed by atoms with Crippen molar-refractivity contribution in [1.29, 1.82) is 0 Å². The number of hydrogen-bond donors (Lipinski definition) is 2. The molecule has 0 saturated heterocycles. The van der Waals surface area contributed by atoms with Crippen molar-refractivity contribution in [2.75, 3.05) is 20.3 Å². The van der Waals surface area contributed by atoms with Gasteiger partial charge in [0.1, 0.15) is 17.6 Å². The van der Waals surface area contributed by atoms with Crippen molar-refractivity contribution in [3.05, 3.63) is 54.0 Å². The minimum absolute atomic E-state index is 0.103. The van der Waals surface area contributed by atoms with E-state index in [0.717, 1.165) is 0 Å². The molecule has 3 heterocycles. The Morgan fingerprint density at radius 3 is 2.78 bits per heavy atom. The average Bonchev–Trinajstić information content (AvgIpc) is 3.52. The van der Waals surface area contributed by atoms with Crippen LogP contribution in [0.1, 0.15) is 37.5 Å². The molecule has 0 radical (unpaired) electrons. The second-order valence-corrected chi connectivity index (χ2v) is 9.45. The molecule has 2 aromatic rings. The van der Waals surface area contributed by atoms with Gasteiger partial charge in [-0.1, -0.05) is 30.8 Å². The molecule has 36 heavy (non-hydrogen) atoms. The number of thioether (sulfide) groups is 1. The highest BCUT2D eigenvalue weighted by Gasteiger charge is 2.43. The van der Waals surface area contributed by atoms with Crippen molar-refractivity contribution in [3.63, 3.8) is 0 Å². The lowest BCUT2D eigenvalue weighted by Crippen LogP contribution is -2.47. The molecule has 0 spiro atoms. The SMILES string of the molecule is CCC(SC1=Nc2ccccc2C2=NC(=O)C(CC(=O)NCc3ccco3)N12)C(=O)NCCCOC. The van der Waals surface area contributed by atoms with Crippen LogP contribution in [0.3, 0.4) is 0 Å². The quantitative estimate of drug-likeness (QED) is 0.444. The number of rotatable bonds is 11. The summed E-state index contributed by atoms with van der Waals surface area (Å²) in [5, 5.41) is 5.76. The predicted octanol–water partition coefficient (Wildman–Crippen LogP) is 2.61. The van der Waals surface area contributed by atoms with Crippen molar-refractivity contribution < 1.29 is 23.5 Å². The first kappa shape index (κ1) is 25.6. The van der Waals surface area contributed by atoms with Gasteiger partial charge in [-0.05, 0) is 37.1 Å². The number of carbonyl (C=O) groups is 3. The molecule has 0 aliphatic carbocycles. The lowest BCUT2D eigenvalue weighted by Gasteiger charge is -2.32. The van der Waals surface area contributed by atoms with Gasteiger partial charge < -0.3 is 19.8 Å². The average molecular weight is 512 g/mol. The van der Waals surface area contributed by atoms with Gasteiger partial charge in [-0.3, -0.25) is 19.3 Å². The minimum atomic E-state index is -0.849. The zero-order valence-electron chi connectivity index (χ0n) is 20.2. The Hall–Kier alpha value is -3.44. The number of aliphatic imine (C=N–C) groups is 2. The van der Waals surface area contributed by atoms with Crippen molar-refractivity contribution in [3.8, 4) is 0 Å². The summed E-state index contributed by atoms with van der Waals surface area (Å²) in [6, 6.07) is 10.1. The summed E-state index contributed by atoms with van der Waals surface area (Å²) in [7, 11) is 1.62. The van der Waals surface area contributed by atoms with Crippen LogP contribution in [0.2, 0.25) is 0 Å². The third-order valence-electron chi connectivity index (χ3n) is 5.76. The molecule has 11 heteroatoms. The Labute approximate surface area is 213 Å². The van der Waals surface area contributed by atoms with Crippen molar-refractivity contribution >= 4 is 46.2 Å².